The highest BCUT2D eigenvalue weighted by molar-refractivity contribution is 6.33. The van der Waals surface area contributed by atoms with E-state index < -0.39 is 5.97 Å². The maximum absolute atomic E-state index is 11.0. The Kier molecular flexibility index (Phi) is 3.89. The molecule has 17 heavy (non-hydrogen) atoms. The van der Waals surface area contributed by atoms with Gasteiger partial charge in [0.15, 0.2) is 0 Å². The molecule has 2 rings (SSSR count). The first-order valence-corrected chi connectivity index (χ1v) is 6.34. The number of halogens is 1. The molecule has 1 aromatic carbocycles. The molecule has 1 aliphatic rings. The molecule has 0 radical (unpaired) electrons. The minimum atomic E-state index is -0.966. The molecule has 1 N–H and O–H groups in total. The molecule has 1 aromatic rings. The first kappa shape index (κ1) is 12.2. The summed E-state index contributed by atoms with van der Waals surface area (Å²) in [7, 11) is 0. The number of hydrogen-bond donors (Lipinski definition) is 1. The van der Waals surface area contributed by atoms with Crippen molar-refractivity contribution in [2.75, 3.05) is 18.0 Å². The summed E-state index contributed by atoms with van der Waals surface area (Å²) in [6.07, 6.45) is 4.86. The van der Waals surface area contributed by atoms with Gasteiger partial charge in [0.25, 0.3) is 0 Å². The third kappa shape index (κ3) is 2.91. The van der Waals surface area contributed by atoms with Gasteiger partial charge in [-0.25, -0.2) is 4.79 Å². The number of benzene rings is 1. The van der Waals surface area contributed by atoms with Crippen LogP contribution < -0.4 is 4.90 Å². The SMILES string of the molecule is O=C(O)c1cc(N2CCCCCC2)ccc1Cl. The van der Waals surface area contributed by atoms with Crippen molar-refractivity contribution < 1.29 is 9.90 Å². The van der Waals surface area contributed by atoms with Gasteiger partial charge in [-0.2, -0.15) is 0 Å². The predicted molar refractivity (Wildman–Crippen MR) is 69.1 cm³/mol. The van der Waals surface area contributed by atoms with Gasteiger partial charge in [0.1, 0.15) is 0 Å². The predicted octanol–water partition coefficient (Wildman–Crippen LogP) is 3.42. The molecule has 0 atom stereocenters. The second-order valence-corrected chi connectivity index (χ2v) is 4.78. The summed E-state index contributed by atoms with van der Waals surface area (Å²) in [4.78, 5) is 13.3. The molecular formula is C13H16ClNO2. The molecular weight excluding hydrogens is 238 g/mol. The number of carbonyl (C=O) groups is 1. The van der Waals surface area contributed by atoms with E-state index in [0.29, 0.717) is 5.02 Å². The first-order valence-electron chi connectivity index (χ1n) is 5.96. The summed E-state index contributed by atoms with van der Waals surface area (Å²) in [6.45, 7) is 2.00. The Morgan fingerprint density at radius 3 is 2.41 bits per heavy atom. The van der Waals surface area contributed by atoms with Crippen molar-refractivity contribution in [1.29, 1.82) is 0 Å². The van der Waals surface area contributed by atoms with E-state index >= 15 is 0 Å². The Labute approximate surface area is 106 Å². The van der Waals surface area contributed by atoms with E-state index in [4.69, 9.17) is 16.7 Å². The molecule has 0 aliphatic carbocycles. The Balaban J connectivity index is 2.25. The summed E-state index contributed by atoms with van der Waals surface area (Å²) in [5.41, 5.74) is 1.15. The van der Waals surface area contributed by atoms with Crippen molar-refractivity contribution in [2.45, 2.75) is 25.7 Å². The lowest BCUT2D eigenvalue weighted by Gasteiger charge is -2.23. The van der Waals surface area contributed by atoms with E-state index in [1.165, 1.54) is 25.7 Å². The van der Waals surface area contributed by atoms with E-state index in [9.17, 15) is 4.79 Å². The summed E-state index contributed by atoms with van der Waals surface area (Å²) in [5, 5.41) is 9.34. The molecule has 1 heterocycles. The first-order chi connectivity index (χ1) is 8.18. The number of anilines is 1. The van der Waals surface area contributed by atoms with Gasteiger partial charge in [-0.3, -0.25) is 0 Å². The maximum Gasteiger partial charge on any atom is 0.337 e. The molecule has 0 saturated carbocycles. The topological polar surface area (TPSA) is 40.5 Å². The number of carboxylic acid groups (broad SMARTS) is 1. The van der Waals surface area contributed by atoms with Crippen LogP contribution in [0.1, 0.15) is 36.0 Å². The zero-order chi connectivity index (χ0) is 12.3. The molecule has 0 aromatic heterocycles. The van der Waals surface area contributed by atoms with Crippen LogP contribution in [-0.4, -0.2) is 24.2 Å². The fourth-order valence-corrected chi connectivity index (χ4v) is 2.40. The highest BCUT2D eigenvalue weighted by atomic mass is 35.5. The van der Waals surface area contributed by atoms with E-state index in [1.54, 1.807) is 12.1 Å². The Morgan fingerprint density at radius 2 is 1.82 bits per heavy atom. The Morgan fingerprint density at radius 1 is 1.18 bits per heavy atom. The van der Waals surface area contributed by atoms with Crippen molar-refractivity contribution in [1.82, 2.24) is 0 Å². The molecule has 92 valence electrons. The lowest BCUT2D eigenvalue weighted by molar-refractivity contribution is 0.0697. The van der Waals surface area contributed by atoms with Crippen molar-refractivity contribution in [2.24, 2.45) is 0 Å². The number of hydrogen-bond acceptors (Lipinski definition) is 2. The van der Waals surface area contributed by atoms with Crippen LogP contribution in [0.4, 0.5) is 5.69 Å². The minimum absolute atomic E-state index is 0.188. The molecule has 0 spiro atoms. The molecule has 1 fully saturated rings. The van der Waals surface area contributed by atoms with Crippen LogP contribution in [0.5, 0.6) is 0 Å². The van der Waals surface area contributed by atoms with Crippen LogP contribution in [0.15, 0.2) is 18.2 Å². The van der Waals surface area contributed by atoms with Gasteiger partial charge in [0, 0.05) is 18.8 Å². The highest BCUT2D eigenvalue weighted by Gasteiger charge is 2.14. The normalized spacial score (nSPS) is 16.6. The summed E-state index contributed by atoms with van der Waals surface area (Å²) < 4.78 is 0. The molecule has 1 aliphatic heterocycles. The van der Waals surface area contributed by atoms with E-state index in [2.05, 4.69) is 4.90 Å². The lowest BCUT2D eigenvalue weighted by atomic mass is 10.2. The van der Waals surface area contributed by atoms with Gasteiger partial charge >= 0.3 is 5.97 Å². The Bertz CT molecular complexity index is 412. The lowest BCUT2D eigenvalue weighted by Crippen LogP contribution is -2.24. The van der Waals surface area contributed by atoms with Crippen molar-refractivity contribution in [3.8, 4) is 0 Å². The fraction of sp³-hybridized carbons (Fsp3) is 0.462. The number of aromatic carboxylic acids is 1. The average Bonchev–Trinajstić information content (AvgIpc) is 2.58. The highest BCUT2D eigenvalue weighted by Crippen LogP contribution is 2.25. The number of nitrogens with zero attached hydrogens (tertiary/aromatic N) is 1. The molecule has 0 amide bonds. The van der Waals surface area contributed by atoms with Crippen LogP contribution in [0, 0.1) is 0 Å². The van der Waals surface area contributed by atoms with Crippen molar-refractivity contribution >= 4 is 23.3 Å². The molecule has 0 bridgehead atoms. The molecule has 3 nitrogen and oxygen atoms in total. The zero-order valence-corrected chi connectivity index (χ0v) is 10.4. The monoisotopic (exact) mass is 253 g/mol. The molecule has 0 unspecified atom stereocenters. The fourth-order valence-electron chi connectivity index (χ4n) is 2.20. The van der Waals surface area contributed by atoms with E-state index in [0.717, 1.165) is 18.8 Å². The van der Waals surface area contributed by atoms with Crippen LogP contribution in [0.2, 0.25) is 5.02 Å². The van der Waals surface area contributed by atoms with Gasteiger partial charge in [-0.15, -0.1) is 0 Å². The molecule has 1 saturated heterocycles. The van der Waals surface area contributed by atoms with Crippen molar-refractivity contribution in [3.63, 3.8) is 0 Å². The van der Waals surface area contributed by atoms with Gasteiger partial charge in [0.2, 0.25) is 0 Å². The second kappa shape index (κ2) is 5.41. The van der Waals surface area contributed by atoms with Crippen LogP contribution in [-0.2, 0) is 0 Å². The van der Waals surface area contributed by atoms with Gasteiger partial charge < -0.3 is 10.0 Å². The zero-order valence-electron chi connectivity index (χ0n) is 9.66. The van der Waals surface area contributed by atoms with E-state index in [-0.39, 0.29) is 5.56 Å². The second-order valence-electron chi connectivity index (χ2n) is 4.37. The number of rotatable bonds is 2. The van der Waals surface area contributed by atoms with E-state index in [1.807, 2.05) is 6.07 Å². The summed E-state index contributed by atoms with van der Waals surface area (Å²) in [6, 6.07) is 5.25. The van der Waals surface area contributed by atoms with Crippen LogP contribution in [0.25, 0.3) is 0 Å². The van der Waals surface area contributed by atoms with Gasteiger partial charge in [-0.05, 0) is 31.0 Å². The van der Waals surface area contributed by atoms with Crippen LogP contribution >= 0.6 is 11.6 Å². The van der Waals surface area contributed by atoms with Gasteiger partial charge in [-0.1, -0.05) is 24.4 Å². The smallest absolute Gasteiger partial charge is 0.337 e. The third-order valence-corrected chi connectivity index (χ3v) is 3.48. The maximum atomic E-state index is 11.0. The largest absolute Gasteiger partial charge is 0.478 e. The average molecular weight is 254 g/mol. The summed E-state index contributed by atoms with van der Waals surface area (Å²) in [5.74, 6) is -0.966. The standard InChI is InChI=1S/C13H16ClNO2/c14-12-6-5-10(9-11(12)13(16)17)15-7-3-1-2-4-8-15/h5-6,9H,1-4,7-8H2,(H,16,17). The number of carboxylic acids is 1. The quantitative estimate of drug-likeness (QED) is 0.878. The van der Waals surface area contributed by atoms with Gasteiger partial charge in [0.05, 0.1) is 10.6 Å². The Hall–Kier alpha value is -1.22. The van der Waals surface area contributed by atoms with Crippen LogP contribution in [0.3, 0.4) is 0 Å². The molecule has 4 heteroatoms. The third-order valence-electron chi connectivity index (χ3n) is 3.15. The summed E-state index contributed by atoms with van der Waals surface area (Å²) >= 11 is 5.86. The van der Waals surface area contributed by atoms with Crippen molar-refractivity contribution in [3.05, 3.63) is 28.8 Å². The minimum Gasteiger partial charge on any atom is -0.478 e.